The Hall–Kier alpha value is -0.0800. The maximum absolute atomic E-state index is 9.94. The quantitative estimate of drug-likeness (QED) is 0.730. The highest BCUT2D eigenvalue weighted by atomic mass is 16.3. The van der Waals surface area contributed by atoms with E-state index in [9.17, 15) is 5.11 Å². The van der Waals surface area contributed by atoms with Crippen molar-refractivity contribution in [3.63, 3.8) is 0 Å². The molecule has 0 aromatic heterocycles. The molecule has 1 heterocycles. The highest BCUT2D eigenvalue weighted by Gasteiger charge is 2.47. The Balaban J connectivity index is 1.73. The van der Waals surface area contributed by atoms with Crippen LogP contribution in [-0.2, 0) is 0 Å². The van der Waals surface area contributed by atoms with Crippen molar-refractivity contribution in [2.75, 3.05) is 19.6 Å². The first kappa shape index (κ1) is 10.4. The highest BCUT2D eigenvalue weighted by Crippen LogP contribution is 2.48. The van der Waals surface area contributed by atoms with Crippen LogP contribution in [0.15, 0.2) is 0 Å². The van der Waals surface area contributed by atoms with Gasteiger partial charge in [-0.2, -0.15) is 0 Å². The molecule has 2 fully saturated rings. The number of likely N-dealkylation sites (tertiary alicyclic amines) is 1. The van der Waals surface area contributed by atoms with Gasteiger partial charge in [0.25, 0.3) is 0 Å². The van der Waals surface area contributed by atoms with Gasteiger partial charge in [-0.3, -0.25) is 4.90 Å². The van der Waals surface area contributed by atoms with Crippen molar-refractivity contribution in [1.82, 2.24) is 4.90 Å². The van der Waals surface area contributed by atoms with Crippen LogP contribution in [0.25, 0.3) is 0 Å². The summed E-state index contributed by atoms with van der Waals surface area (Å²) in [6.45, 7) is 9.66. The van der Waals surface area contributed by atoms with E-state index in [-0.39, 0.29) is 11.5 Å². The normalized spacial score (nSPS) is 28.3. The molecule has 14 heavy (non-hydrogen) atoms. The molecule has 1 atom stereocenters. The van der Waals surface area contributed by atoms with Gasteiger partial charge < -0.3 is 5.11 Å². The number of aliphatic hydroxyl groups is 1. The first-order valence-corrected chi connectivity index (χ1v) is 5.82. The van der Waals surface area contributed by atoms with E-state index in [4.69, 9.17) is 0 Å². The maximum Gasteiger partial charge on any atom is 0.0715 e. The third-order valence-electron chi connectivity index (χ3n) is 3.96. The molecule has 1 aliphatic carbocycles. The average molecular weight is 197 g/mol. The van der Waals surface area contributed by atoms with E-state index in [0.717, 1.165) is 6.54 Å². The minimum absolute atomic E-state index is 0.0301. The van der Waals surface area contributed by atoms with Gasteiger partial charge in [0.05, 0.1) is 6.10 Å². The standard InChI is InChI=1S/C12H23NO/c1-11(2,3)10(14)7-13-8-12(9-13)5-4-6-12/h10,14H,4-9H2,1-3H3. The number of β-amino-alcohol motifs (C(OH)–C–C–N with tert-alkyl or cyclic N) is 1. The molecule has 1 spiro atoms. The predicted octanol–water partition coefficient (Wildman–Crippen LogP) is 1.88. The van der Waals surface area contributed by atoms with Gasteiger partial charge in [-0.25, -0.2) is 0 Å². The molecule has 1 aliphatic heterocycles. The summed E-state index contributed by atoms with van der Waals surface area (Å²) in [6, 6.07) is 0. The van der Waals surface area contributed by atoms with Crippen LogP contribution >= 0.6 is 0 Å². The highest BCUT2D eigenvalue weighted by molar-refractivity contribution is 5.01. The van der Waals surface area contributed by atoms with E-state index < -0.39 is 0 Å². The summed E-state index contributed by atoms with van der Waals surface area (Å²) < 4.78 is 0. The van der Waals surface area contributed by atoms with E-state index in [1.807, 2.05) is 0 Å². The second-order valence-electron chi connectivity index (χ2n) is 6.40. The predicted molar refractivity (Wildman–Crippen MR) is 58.2 cm³/mol. The van der Waals surface area contributed by atoms with E-state index in [1.165, 1.54) is 32.4 Å². The fourth-order valence-corrected chi connectivity index (χ4v) is 2.54. The molecule has 1 saturated heterocycles. The van der Waals surface area contributed by atoms with E-state index in [0.29, 0.717) is 5.41 Å². The molecule has 0 amide bonds. The lowest BCUT2D eigenvalue weighted by Crippen LogP contribution is -2.61. The van der Waals surface area contributed by atoms with Crippen LogP contribution in [-0.4, -0.2) is 35.7 Å². The van der Waals surface area contributed by atoms with Gasteiger partial charge in [-0.1, -0.05) is 27.2 Å². The molecule has 0 bridgehead atoms. The zero-order valence-electron chi connectivity index (χ0n) is 9.71. The Bertz CT molecular complexity index is 207. The number of nitrogens with zero attached hydrogens (tertiary/aromatic N) is 1. The second kappa shape index (κ2) is 3.21. The van der Waals surface area contributed by atoms with Crippen LogP contribution in [0.1, 0.15) is 40.0 Å². The fraction of sp³-hybridized carbons (Fsp3) is 1.00. The molecule has 2 aliphatic rings. The number of hydrogen-bond acceptors (Lipinski definition) is 2. The molecule has 2 rings (SSSR count). The van der Waals surface area contributed by atoms with Gasteiger partial charge in [-0.15, -0.1) is 0 Å². The molecule has 1 saturated carbocycles. The number of hydrogen-bond donors (Lipinski definition) is 1. The maximum atomic E-state index is 9.94. The average Bonchev–Trinajstić information content (AvgIpc) is 1.88. The van der Waals surface area contributed by atoms with E-state index in [2.05, 4.69) is 25.7 Å². The first-order chi connectivity index (χ1) is 6.41. The molecule has 1 N–H and O–H groups in total. The lowest BCUT2D eigenvalue weighted by molar-refractivity contribution is -0.0895. The monoisotopic (exact) mass is 197 g/mol. The largest absolute Gasteiger partial charge is 0.391 e. The zero-order chi connectivity index (χ0) is 10.4. The molecule has 0 radical (unpaired) electrons. The van der Waals surface area contributed by atoms with Gasteiger partial charge >= 0.3 is 0 Å². The molecule has 1 unspecified atom stereocenters. The molecule has 0 aromatic carbocycles. The summed E-state index contributed by atoms with van der Waals surface area (Å²) in [5, 5.41) is 9.94. The van der Waals surface area contributed by atoms with Crippen LogP contribution in [0.3, 0.4) is 0 Å². The van der Waals surface area contributed by atoms with Gasteiger partial charge in [0.15, 0.2) is 0 Å². The van der Waals surface area contributed by atoms with E-state index >= 15 is 0 Å². The fourth-order valence-electron chi connectivity index (χ4n) is 2.54. The molecule has 2 nitrogen and oxygen atoms in total. The van der Waals surface area contributed by atoms with Crippen molar-refractivity contribution < 1.29 is 5.11 Å². The van der Waals surface area contributed by atoms with Crippen LogP contribution in [0.4, 0.5) is 0 Å². The topological polar surface area (TPSA) is 23.5 Å². The first-order valence-electron chi connectivity index (χ1n) is 5.82. The minimum Gasteiger partial charge on any atom is -0.391 e. The molecular formula is C12H23NO. The summed E-state index contributed by atoms with van der Waals surface area (Å²) >= 11 is 0. The third-order valence-corrected chi connectivity index (χ3v) is 3.96. The van der Waals surface area contributed by atoms with Crippen molar-refractivity contribution in [1.29, 1.82) is 0 Å². The van der Waals surface area contributed by atoms with Gasteiger partial charge in [-0.05, 0) is 23.7 Å². The Labute approximate surface area is 87.3 Å². The number of rotatable bonds is 2. The van der Waals surface area contributed by atoms with Crippen molar-refractivity contribution >= 4 is 0 Å². The second-order valence-corrected chi connectivity index (χ2v) is 6.40. The Kier molecular flexibility index (Phi) is 2.39. The van der Waals surface area contributed by atoms with E-state index in [1.54, 1.807) is 0 Å². The van der Waals surface area contributed by atoms with Gasteiger partial charge in [0.1, 0.15) is 0 Å². The summed E-state index contributed by atoms with van der Waals surface area (Å²) in [5.74, 6) is 0. The van der Waals surface area contributed by atoms with Crippen molar-refractivity contribution in [3.8, 4) is 0 Å². The van der Waals surface area contributed by atoms with Crippen molar-refractivity contribution in [2.24, 2.45) is 10.8 Å². The third kappa shape index (κ3) is 1.82. The minimum atomic E-state index is -0.181. The SMILES string of the molecule is CC(C)(C)C(O)CN1CC2(CCC2)C1. The van der Waals surface area contributed by atoms with Crippen LogP contribution in [0, 0.1) is 10.8 Å². The summed E-state index contributed by atoms with van der Waals surface area (Å²) in [4.78, 5) is 2.41. The molecule has 0 aromatic rings. The molecular weight excluding hydrogens is 174 g/mol. The Morgan fingerprint density at radius 2 is 1.86 bits per heavy atom. The van der Waals surface area contributed by atoms with Crippen molar-refractivity contribution in [3.05, 3.63) is 0 Å². The smallest absolute Gasteiger partial charge is 0.0715 e. The van der Waals surface area contributed by atoms with Crippen LogP contribution in [0.5, 0.6) is 0 Å². The van der Waals surface area contributed by atoms with Crippen LogP contribution < -0.4 is 0 Å². The Morgan fingerprint density at radius 3 is 2.21 bits per heavy atom. The number of aliphatic hydroxyl groups excluding tert-OH is 1. The zero-order valence-corrected chi connectivity index (χ0v) is 9.71. The molecule has 2 heteroatoms. The van der Waals surface area contributed by atoms with Gasteiger partial charge in [0, 0.05) is 19.6 Å². The summed E-state index contributed by atoms with van der Waals surface area (Å²) in [7, 11) is 0. The lowest BCUT2D eigenvalue weighted by atomic mass is 9.63. The van der Waals surface area contributed by atoms with Gasteiger partial charge in [0.2, 0.25) is 0 Å². The van der Waals surface area contributed by atoms with Crippen molar-refractivity contribution in [2.45, 2.75) is 46.1 Å². The Morgan fingerprint density at radius 1 is 1.29 bits per heavy atom. The van der Waals surface area contributed by atoms with Crippen LogP contribution in [0.2, 0.25) is 0 Å². The summed E-state index contributed by atoms with van der Waals surface area (Å²) in [6.07, 6.45) is 4.10. The summed E-state index contributed by atoms with van der Waals surface area (Å²) in [5.41, 5.74) is 0.722. The lowest BCUT2D eigenvalue weighted by Gasteiger charge is -2.57. The molecule has 82 valence electrons.